The lowest BCUT2D eigenvalue weighted by molar-refractivity contribution is 0.0669. The van der Waals surface area contributed by atoms with Gasteiger partial charge < -0.3 is 4.90 Å². The van der Waals surface area contributed by atoms with Gasteiger partial charge in [0.05, 0.1) is 0 Å². The lowest BCUT2D eigenvalue weighted by Crippen LogP contribution is -2.40. The Labute approximate surface area is 109 Å². The van der Waals surface area contributed by atoms with E-state index in [1.165, 1.54) is 0 Å². The van der Waals surface area contributed by atoms with Crippen molar-refractivity contribution in [3.63, 3.8) is 0 Å². The number of H-pyrrole nitrogens is 1. The zero-order chi connectivity index (χ0) is 13.7. The van der Waals surface area contributed by atoms with Gasteiger partial charge in [0.25, 0.3) is 5.91 Å². The fourth-order valence-corrected chi connectivity index (χ4v) is 1.79. The van der Waals surface area contributed by atoms with Gasteiger partial charge in [0, 0.05) is 19.0 Å². The van der Waals surface area contributed by atoms with Crippen LogP contribution in [0.1, 0.15) is 57.5 Å². The van der Waals surface area contributed by atoms with Crippen LogP contribution in [0.5, 0.6) is 0 Å². The molecule has 0 bridgehead atoms. The SMILES string of the molecule is CCCc1nc(C(=O)N(CC(C)C)C(C)C)n[nH]1. The summed E-state index contributed by atoms with van der Waals surface area (Å²) in [4.78, 5) is 18.4. The molecule has 0 aliphatic carbocycles. The monoisotopic (exact) mass is 252 g/mol. The summed E-state index contributed by atoms with van der Waals surface area (Å²) in [5.74, 6) is 1.42. The van der Waals surface area contributed by atoms with Gasteiger partial charge >= 0.3 is 0 Å². The zero-order valence-corrected chi connectivity index (χ0v) is 12.0. The Morgan fingerprint density at radius 3 is 2.50 bits per heavy atom. The molecule has 0 saturated carbocycles. The third-order valence-electron chi connectivity index (χ3n) is 2.66. The molecule has 1 N–H and O–H groups in total. The van der Waals surface area contributed by atoms with Crippen molar-refractivity contribution in [2.24, 2.45) is 5.92 Å². The Morgan fingerprint density at radius 1 is 1.33 bits per heavy atom. The van der Waals surface area contributed by atoms with Crippen LogP contribution in [0, 0.1) is 5.92 Å². The smallest absolute Gasteiger partial charge is 0.293 e. The molecule has 0 aliphatic rings. The normalized spacial score (nSPS) is 11.3. The molecule has 0 saturated heterocycles. The summed E-state index contributed by atoms with van der Waals surface area (Å²) >= 11 is 0. The van der Waals surface area contributed by atoms with Gasteiger partial charge in [-0.05, 0) is 26.2 Å². The summed E-state index contributed by atoms with van der Waals surface area (Å²) in [5.41, 5.74) is 0. The van der Waals surface area contributed by atoms with E-state index in [4.69, 9.17) is 0 Å². The second-order valence-corrected chi connectivity index (χ2v) is 5.30. The maximum absolute atomic E-state index is 12.3. The van der Waals surface area contributed by atoms with Crippen LogP contribution in [-0.2, 0) is 6.42 Å². The van der Waals surface area contributed by atoms with E-state index in [0.29, 0.717) is 5.92 Å². The molecule has 5 nitrogen and oxygen atoms in total. The molecule has 0 aromatic carbocycles. The Hall–Kier alpha value is -1.39. The highest BCUT2D eigenvalue weighted by Gasteiger charge is 2.23. The number of hydrogen-bond donors (Lipinski definition) is 1. The Balaban J connectivity index is 2.81. The minimum absolute atomic E-state index is 0.0858. The molecule has 0 spiro atoms. The van der Waals surface area contributed by atoms with Crippen molar-refractivity contribution in [3.8, 4) is 0 Å². The highest BCUT2D eigenvalue weighted by Crippen LogP contribution is 2.09. The molecule has 0 radical (unpaired) electrons. The highest BCUT2D eigenvalue weighted by molar-refractivity contribution is 5.90. The number of aromatic amines is 1. The molecular formula is C13H24N4O. The molecule has 0 fully saturated rings. The number of hydrogen-bond acceptors (Lipinski definition) is 3. The van der Waals surface area contributed by atoms with E-state index in [2.05, 4.69) is 36.0 Å². The molecule has 102 valence electrons. The number of nitrogens with zero attached hydrogens (tertiary/aromatic N) is 3. The average Bonchev–Trinajstić information content (AvgIpc) is 2.73. The van der Waals surface area contributed by atoms with E-state index < -0.39 is 0 Å². The molecule has 1 heterocycles. The standard InChI is InChI=1S/C13H24N4O/c1-6-7-11-14-12(16-15-11)13(18)17(10(4)5)8-9(2)3/h9-10H,6-8H2,1-5H3,(H,14,15,16). The van der Waals surface area contributed by atoms with Crippen molar-refractivity contribution >= 4 is 5.91 Å². The van der Waals surface area contributed by atoms with Gasteiger partial charge in [0.1, 0.15) is 5.82 Å². The van der Waals surface area contributed by atoms with Gasteiger partial charge in [-0.15, -0.1) is 5.10 Å². The maximum atomic E-state index is 12.3. The number of carbonyl (C=O) groups excluding carboxylic acids is 1. The first-order chi connectivity index (χ1) is 8.45. The molecule has 0 atom stereocenters. The number of aromatic nitrogens is 3. The van der Waals surface area contributed by atoms with Crippen molar-refractivity contribution < 1.29 is 4.79 Å². The summed E-state index contributed by atoms with van der Waals surface area (Å²) in [7, 11) is 0. The Bertz CT molecular complexity index is 384. The highest BCUT2D eigenvalue weighted by atomic mass is 16.2. The fraction of sp³-hybridized carbons (Fsp3) is 0.769. The second kappa shape index (κ2) is 6.52. The van der Waals surface area contributed by atoms with E-state index in [1.807, 2.05) is 18.7 Å². The van der Waals surface area contributed by atoms with Gasteiger partial charge in [-0.2, -0.15) is 0 Å². The lowest BCUT2D eigenvalue weighted by Gasteiger charge is -2.27. The molecule has 5 heteroatoms. The van der Waals surface area contributed by atoms with Crippen LogP contribution in [0.3, 0.4) is 0 Å². The Morgan fingerprint density at radius 2 is 2.00 bits per heavy atom. The average molecular weight is 252 g/mol. The van der Waals surface area contributed by atoms with E-state index in [1.54, 1.807) is 0 Å². The molecule has 1 amide bonds. The fourth-order valence-electron chi connectivity index (χ4n) is 1.79. The number of rotatable bonds is 6. The van der Waals surface area contributed by atoms with Crippen LogP contribution in [0.25, 0.3) is 0 Å². The van der Waals surface area contributed by atoms with Crippen LogP contribution < -0.4 is 0 Å². The minimum atomic E-state index is -0.0858. The van der Waals surface area contributed by atoms with Crippen molar-refractivity contribution in [1.29, 1.82) is 0 Å². The van der Waals surface area contributed by atoms with Crippen LogP contribution in [0.4, 0.5) is 0 Å². The summed E-state index contributed by atoms with van der Waals surface area (Å²) in [5, 5.41) is 6.84. The minimum Gasteiger partial charge on any atom is -0.333 e. The van der Waals surface area contributed by atoms with Crippen LogP contribution in [0.15, 0.2) is 0 Å². The van der Waals surface area contributed by atoms with E-state index in [9.17, 15) is 4.79 Å². The van der Waals surface area contributed by atoms with Gasteiger partial charge in [0.15, 0.2) is 0 Å². The van der Waals surface area contributed by atoms with Crippen LogP contribution >= 0.6 is 0 Å². The number of nitrogens with one attached hydrogen (secondary N) is 1. The van der Waals surface area contributed by atoms with Crippen LogP contribution in [-0.4, -0.2) is 38.6 Å². The predicted molar refractivity (Wildman–Crippen MR) is 71.4 cm³/mol. The first kappa shape index (κ1) is 14.7. The van der Waals surface area contributed by atoms with Gasteiger partial charge in [-0.25, -0.2) is 4.98 Å². The number of carbonyl (C=O) groups is 1. The molecular weight excluding hydrogens is 228 g/mol. The Kier molecular flexibility index (Phi) is 5.31. The van der Waals surface area contributed by atoms with Gasteiger partial charge in [-0.1, -0.05) is 20.8 Å². The predicted octanol–water partition coefficient (Wildman–Crippen LogP) is 2.26. The van der Waals surface area contributed by atoms with E-state index in [-0.39, 0.29) is 17.8 Å². The van der Waals surface area contributed by atoms with Crippen molar-refractivity contribution in [2.75, 3.05) is 6.54 Å². The first-order valence-corrected chi connectivity index (χ1v) is 6.67. The quantitative estimate of drug-likeness (QED) is 0.844. The van der Waals surface area contributed by atoms with Crippen molar-refractivity contribution in [2.45, 2.75) is 53.5 Å². The van der Waals surface area contributed by atoms with Crippen LogP contribution in [0.2, 0.25) is 0 Å². The zero-order valence-electron chi connectivity index (χ0n) is 12.0. The second-order valence-electron chi connectivity index (χ2n) is 5.30. The molecule has 0 aliphatic heterocycles. The summed E-state index contributed by atoms with van der Waals surface area (Å²) < 4.78 is 0. The van der Waals surface area contributed by atoms with Gasteiger partial charge in [0.2, 0.25) is 5.82 Å². The lowest BCUT2D eigenvalue weighted by atomic mass is 10.1. The number of aryl methyl sites for hydroxylation is 1. The molecule has 1 aromatic heterocycles. The largest absolute Gasteiger partial charge is 0.333 e. The topological polar surface area (TPSA) is 61.9 Å². The molecule has 1 rings (SSSR count). The third-order valence-corrected chi connectivity index (χ3v) is 2.66. The van der Waals surface area contributed by atoms with Gasteiger partial charge in [-0.3, -0.25) is 9.89 Å². The van der Waals surface area contributed by atoms with E-state index >= 15 is 0 Å². The van der Waals surface area contributed by atoms with Crippen molar-refractivity contribution in [1.82, 2.24) is 20.1 Å². The van der Waals surface area contributed by atoms with Crippen molar-refractivity contribution in [3.05, 3.63) is 11.6 Å². The summed E-state index contributed by atoms with van der Waals surface area (Å²) in [6, 6.07) is 0.160. The maximum Gasteiger partial charge on any atom is 0.293 e. The summed E-state index contributed by atoms with van der Waals surface area (Å²) in [6.45, 7) is 11.0. The summed E-state index contributed by atoms with van der Waals surface area (Å²) in [6.07, 6.45) is 1.81. The molecule has 18 heavy (non-hydrogen) atoms. The first-order valence-electron chi connectivity index (χ1n) is 6.67. The third kappa shape index (κ3) is 3.82. The van der Waals surface area contributed by atoms with E-state index in [0.717, 1.165) is 25.2 Å². The molecule has 1 aromatic rings. The molecule has 0 unspecified atom stereocenters. The number of amides is 1.